The zero-order valence-electron chi connectivity index (χ0n) is 22.5. The standard InChI is InChI=1S/C30H37ClN4O3/c1-19(2)32-28(36)18-35-29(22-5-4-6-24(31)15-22)33-27-8-7-21(16-26(27)30(35)37)23-13-20(14-23)17-34-11-9-25(38-3)10-12-34/h4-8,15-16,19-20,23,25H,9-14,17-18H2,1-3H3,(H,32,36)/t20-,23+. The molecule has 2 aliphatic rings. The molecule has 8 heteroatoms. The van der Waals surface area contributed by atoms with Crippen molar-refractivity contribution in [3.05, 3.63) is 63.4 Å². The lowest BCUT2D eigenvalue weighted by Gasteiger charge is -2.41. The summed E-state index contributed by atoms with van der Waals surface area (Å²) >= 11 is 6.24. The first-order valence-electron chi connectivity index (χ1n) is 13.7. The summed E-state index contributed by atoms with van der Waals surface area (Å²) in [6, 6.07) is 13.3. The summed E-state index contributed by atoms with van der Waals surface area (Å²) in [4.78, 5) is 33.9. The molecular weight excluding hydrogens is 500 g/mol. The van der Waals surface area contributed by atoms with Crippen molar-refractivity contribution in [2.75, 3.05) is 26.7 Å². The fourth-order valence-electron chi connectivity index (χ4n) is 5.85. The lowest BCUT2D eigenvalue weighted by Crippen LogP contribution is -2.41. The van der Waals surface area contributed by atoms with Gasteiger partial charge in [0, 0.05) is 43.4 Å². The first-order valence-corrected chi connectivity index (χ1v) is 14.0. The number of carbonyl (C=O) groups excluding carboxylic acids is 1. The molecule has 2 heterocycles. The predicted octanol–water partition coefficient (Wildman–Crippen LogP) is 4.85. The number of amides is 1. The minimum atomic E-state index is -0.223. The van der Waals surface area contributed by atoms with Gasteiger partial charge in [0.2, 0.25) is 5.91 Å². The van der Waals surface area contributed by atoms with Crippen LogP contribution in [0.2, 0.25) is 5.02 Å². The van der Waals surface area contributed by atoms with Crippen LogP contribution in [0.4, 0.5) is 0 Å². The Balaban J connectivity index is 1.38. The van der Waals surface area contributed by atoms with Crippen LogP contribution in [-0.2, 0) is 16.1 Å². The molecule has 2 aromatic carbocycles. The van der Waals surface area contributed by atoms with Gasteiger partial charge in [0.25, 0.3) is 5.56 Å². The summed E-state index contributed by atoms with van der Waals surface area (Å²) < 4.78 is 6.98. The number of likely N-dealkylation sites (tertiary alicyclic amines) is 1. The van der Waals surface area contributed by atoms with Gasteiger partial charge in [-0.15, -0.1) is 0 Å². The van der Waals surface area contributed by atoms with Gasteiger partial charge in [-0.2, -0.15) is 0 Å². The molecule has 202 valence electrons. The van der Waals surface area contributed by atoms with Crippen LogP contribution in [0.15, 0.2) is 47.3 Å². The van der Waals surface area contributed by atoms with Crippen molar-refractivity contribution >= 4 is 28.4 Å². The fourth-order valence-corrected chi connectivity index (χ4v) is 6.04. The van der Waals surface area contributed by atoms with Crippen LogP contribution in [0, 0.1) is 5.92 Å². The highest BCUT2D eigenvalue weighted by Crippen LogP contribution is 2.42. The van der Waals surface area contributed by atoms with E-state index >= 15 is 0 Å². The molecule has 0 radical (unpaired) electrons. The van der Waals surface area contributed by atoms with E-state index in [2.05, 4.69) is 16.3 Å². The average molecular weight is 537 g/mol. The summed E-state index contributed by atoms with van der Waals surface area (Å²) in [7, 11) is 1.81. The summed E-state index contributed by atoms with van der Waals surface area (Å²) in [5, 5.41) is 3.99. The summed E-state index contributed by atoms with van der Waals surface area (Å²) in [5.74, 6) is 1.36. The first kappa shape index (κ1) is 26.9. The largest absolute Gasteiger partial charge is 0.381 e. The third kappa shape index (κ3) is 5.95. The Hall–Kier alpha value is -2.74. The molecule has 5 rings (SSSR count). The molecule has 0 spiro atoms. The van der Waals surface area contributed by atoms with Crippen LogP contribution >= 0.6 is 11.6 Å². The van der Waals surface area contributed by atoms with E-state index in [0.29, 0.717) is 45.3 Å². The minimum Gasteiger partial charge on any atom is -0.381 e. The Morgan fingerprint density at radius 3 is 2.61 bits per heavy atom. The Kier molecular flexibility index (Phi) is 8.17. The molecule has 1 saturated heterocycles. The number of ether oxygens (including phenoxy) is 1. The van der Waals surface area contributed by atoms with Gasteiger partial charge in [-0.05, 0) is 81.2 Å². The van der Waals surface area contributed by atoms with Crippen LogP contribution < -0.4 is 10.9 Å². The van der Waals surface area contributed by atoms with E-state index in [9.17, 15) is 9.59 Å². The molecule has 1 saturated carbocycles. The maximum atomic E-state index is 13.8. The summed E-state index contributed by atoms with van der Waals surface area (Å²) in [5.41, 5.74) is 2.31. The molecule has 7 nitrogen and oxygen atoms in total. The molecule has 3 aromatic rings. The number of fused-ring (bicyclic) bond motifs is 1. The van der Waals surface area contributed by atoms with E-state index in [1.54, 1.807) is 12.1 Å². The third-order valence-corrected chi connectivity index (χ3v) is 8.14. The molecule has 1 N–H and O–H groups in total. The van der Waals surface area contributed by atoms with Gasteiger partial charge < -0.3 is 15.0 Å². The van der Waals surface area contributed by atoms with Gasteiger partial charge in [0.1, 0.15) is 12.4 Å². The van der Waals surface area contributed by atoms with E-state index in [4.69, 9.17) is 21.3 Å². The Bertz CT molecular complexity index is 1360. The Labute approximate surface area is 229 Å². The van der Waals surface area contributed by atoms with E-state index in [0.717, 1.165) is 45.3 Å². The number of carbonyl (C=O) groups is 1. The van der Waals surface area contributed by atoms with E-state index in [1.807, 2.05) is 45.2 Å². The minimum absolute atomic E-state index is 0.0225. The van der Waals surface area contributed by atoms with Gasteiger partial charge in [-0.3, -0.25) is 14.2 Å². The zero-order valence-corrected chi connectivity index (χ0v) is 23.2. The highest BCUT2D eigenvalue weighted by Gasteiger charge is 2.33. The topological polar surface area (TPSA) is 76.5 Å². The van der Waals surface area contributed by atoms with Gasteiger partial charge in [-0.25, -0.2) is 4.98 Å². The maximum Gasteiger partial charge on any atom is 0.262 e. The highest BCUT2D eigenvalue weighted by molar-refractivity contribution is 6.30. The molecule has 1 aromatic heterocycles. The number of nitrogens with zero attached hydrogens (tertiary/aromatic N) is 3. The number of methoxy groups -OCH3 is 1. The van der Waals surface area contributed by atoms with Crippen LogP contribution in [0.3, 0.4) is 0 Å². The van der Waals surface area contributed by atoms with Crippen molar-refractivity contribution in [1.82, 2.24) is 19.8 Å². The van der Waals surface area contributed by atoms with E-state index < -0.39 is 0 Å². The Morgan fingerprint density at radius 1 is 1.16 bits per heavy atom. The molecule has 0 unspecified atom stereocenters. The quantitative estimate of drug-likeness (QED) is 0.445. The molecule has 38 heavy (non-hydrogen) atoms. The number of rotatable bonds is 8. The normalized spacial score (nSPS) is 20.6. The second-order valence-corrected chi connectivity index (χ2v) is 11.5. The predicted molar refractivity (Wildman–Crippen MR) is 152 cm³/mol. The number of hydrogen-bond donors (Lipinski definition) is 1. The molecular formula is C30H37ClN4O3. The van der Waals surface area contributed by atoms with Gasteiger partial charge in [-0.1, -0.05) is 29.8 Å². The highest BCUT2D eigenvalue weighted by atomic mass is 35.5. The molecule has 1 amide bonds. The van der Waals surface area contributed by atoms with Crippen molar-refractivity contribution in [2.24, 2.45) is 5.92 Å². The average Bonchev–Trinajstić information content (AvgIpc) is 2.87. The van der Waals surface area contributed by atoms with Crippen molar-refractivity contribution in [3.8, 4) is 11.4 Å². The molecule has 1 aliphatic carbocycles. The van der Waals surface area contributed by atoms with Crippen LogP contribution in [0.5, 0.6) is 0 Å². The van der Waals surface area contributed by atoms with Crippen molar-refractivity contribution < 1.29 is 9.53 Å². The molecule has 1 aliphatic heterocycles. The number of piperidine rings is 1. The van der Waals surface area contributed by atoms with Crippen LogP contribution in [0.1, 0.15) is 51.0 Å². The number of halogens is 1. The molecule has 2 fully saturated rings. The van der Waals surface area contributed by atoms with Gasteiger partial charge in [0.05, 0.1) is 17.0 Å². The van der Waals surface area contributed by atoms with Crippen molar-refractivity contribution in [1.29, 1.82) is 0 Å². The lowest BCUT2D eigenvalue weighted by atomic mass is 9.71. The number of hydrogen-bond acceptors (Lipinski definition) is 5. The van der Waals surface area contributed by atoms with Gasteiger partial charge in [0.15, 0.2) is 0 Å². The van der Waals surface area contributed by atoms with E-state index in [-0.39, 0.29) is 24.1 Å². The second-order valence-electron chi connectivity index (χ2n) is 11.1. The SMILES string of the molecule is COC1CCN(C[C@H]2C[C@@H](c3ccc4nc(-c5cccc(Cl)c5)n(CC(=O)NC(C)C)c(=O)c4c3)C2)CC1. The number of benzene rings is 2. The van der Waals surface area contributed by atoms with Crippen molar-refractivity contribution in [3.63, 3.8) is 0 Å². The second kappa shape index (κ2) is 11.6. The summed E-state index contributed by atoms with van der Waals surface area (Å²) in [6.45, 7) is 7.06. The number of nitrogens with one attached hydrogen (secondary N) is 1. The van der Waals surface area contributed by atoms with Crippen LogP contribution in [0.25, 0.3) is 22.3 Å². The Morgan fingerprint density at radius 2 is 1.92 bits per heavy atom. The molecule has 0 atom stereocenters. The van der Waals surface area contributed by atoms with Crippen LogP contribution in [-0.4, -0.2) is 59.2 Å². The van der Waals surface area contributed by atoms with Gasteiger partial charge >= 0.3 is 0 Å². The molecule has 0 bridgehead atoms. The summed E-state index contributed by atoms with van der Waals surface area (Å²) in [6.07, 6.45) is 4.90. The maximum absolute atomic E-state index is 13.8. The third-order valence-electron chi connectivity index (χ3n) is 7.90. The van der Waals surface area contributed by atoms with E-state index in [1.165, 1.54) is 10.1 Å². The fraction of sp³-hybridized carbons (Fsp3) is 0.500. The lowest BCUT2D eigenvalue weighted by molar-refractivity contribution is -0.122. The smallest absolute Gasteiger partial charge is 0.262 e. The monoisotopic (exact) mass is 536 g/mol. The first-order chi connectivity index (χ1) is 18.3. The van der Waals surface area contributed by atoms with Crippen molar-refractivity contribution in [2.45, 2.75) is 64.1 Å². The zero-order chi connectivity index (χ0) is 26.8. The number of aromatic nitrogens is 2.